The number of benzene rings is 1. The summed E-state index contributed by atoms with van der Waals surface area (Å²) < 4.78 is 5.26. The van der Waals surface area contributed by atoms with Crippen LogP contribution >= 0.6 is 0 Å². The van der Waals surface area contributed by atoms with E-state index in [4.69, 9.17) is 4.42 Å². The molecule has 0 bridgehead atoms. The second kappa shape index (κ2) is 6.69. The van der Waals surface area contributed by atoms with Crippen LogP contribution in [-0.4, -0.2) is 23.3 Å². The Kier molecular flexibility index (Phi) is 4.46. The Morgan fingerprint density at radius 3 is 2.96 bits per heavy atom. The van der Waals surface area contributed by atoms with Crippen LogP contribution in [0.4, 0.5) is 0 Å². The molecule has 1 fully saturated rings. The average molecular weight is 312 g/mol. The predicted molar refractivity (Wildman–Crippen MR) is 85.3 cm³/mol. The average Bonchev–Trinajstić information content (AvgIpc) is 3.16. The number of nitrogens with zero attached hydrogens (tertiary/aromatic N) is 1. The molecule has 1 aromatic heterocycles. The summed E-state index contributed by atoms with van der Waals surface area (Å²) in [6, 6.07) is 11.6. The second-order valence-corrected chi connectivity index (χ2v) is 5.96. The van der Waals surface area contributed by atoms with Gasteiger partial charge in [0.2, 0.25) is 11.8 Å². The Labute approximate surface area is 135 Å². The monoisotopic (exact) mass is 312 g/mol. The van der Waals surface area contributed by atoms with Crippen LogP contribution in [-0.2, 0) is 22.7 Å². The Balaban J connectivity index is 1.53. The van der Waals surface area contributed by atoms with Gasteiger partial charge in [0.15, 0.2) is 0 Å². The van der Waals surface area contributed by atoms with Crippen molar-refractivity contribution < 1.29 is 14.0 Å². The van der Waals surface area contributed by atoms with Crippen LogP contribution in [0.15, 0.2) is 47.1 Å². The molecule has 5 heteroatoms. The fourth-order valence-corrected chi connectivity index (χ4v) is 2.85. The normalized spacial score (nSPS) is 17.5. The molecular formula is C18H20N2O3. The van der Waals surface area contributed by atoms with Gasteiger partial charge in [-0.15, -0.1) is 0 Å². The van der Waals surface area contributed by atoms with Gasteiger partial charge in [0.05, 0.1) is 18.7 Å². The number of nitrogens with one attached hydrogen (secondary N) is 1. The van der Waals surface area contributed by atoms with E-state index >= 15 is 0 Å². The molecule has 3 rings (SSSR count). The maximum atomic E-state index is 12.3. The van der Waals surface area contributed by atoms with Gasteiger partial charge >= 0.3 is 0 Å². The zero-order valence-corrected chi connectivity index (χ0v) is 13.1. The Bertz CT molecular complexity index is 694. The number of hydrogen-bond acceptors (Lipinski definition) is 3. The van der Waals surface area contributed by atoms with Crippen molar-refractivity contribution >= 4 is 11.8 Å². The third kappa shape index (κ3) is 3.80. The lowest BCUT2D eigenvalue weighted by molar-refractivity contribution is -0.129. The SMILES string of the molecule is Cc1cccc(CNC(=O)C2CC(=O)N(Cc3ccco3)C2)c1. The van der Waals surface area contributed by atoms with Gasteiger partial charge in [-0.2, -0.15) is 0 Å². The first kappa shape index (κ1) is 15.3. The molecule has 0 aliphatic carbocycles. The number of carbonyl (C=O) groups excluding carboxylic acids is 2. The standard InChI is InChI=1S/C18H20N2O3/c1-13-4-2-5-14(8-13)10-19-18(22)15-9-17(21)20(11-15)12-16-6-3-7-23-16/h2-8,15H,9-12H2,1H3,(H,19,22). The highest BCUT2D eigenvalue weighted by molar-refractivity contribution is 5.89. The first-order valence-corrected chi connectivity index (χ1v) is 7.75. The molecule has 1 aliphatic heterocycles. The van der Waals surface area contributed by atoms with Gasteiger partial charge in [-0.3, -0.25) is 9.59 Å². The number of aryl methyl sites for hydroxylation is 1. The van der Waals surface area contributed by atoms with Gasteiger partial charge in [0.25, 0.3) is 0 Å². The van der Waals surface area contributed by atoms with Crippen LogP contribution in [0, 0.1) is 12.8 Å². The van der Waals surface area contributed by atoms with Crippen LogP contribution in [0.5, 0.6) is 0 Å². The lowest BCUT2D eigenvalue weighted by atomic mass is 10.1. The molecule has 1 saturated heterocycles. The lowest BCUT2D eigenvalue weighted by Crippen LogP contribution is -2.32. The largest absolute Gasteiger partial charge is 0.467 e. The van der Waals surface area contributed by atoms with Crippen molar-refractivity contribution in [2.24, 2.45) is 5.92 Å². The third-order valence-electron chi connectivity index (χ3n) is 4.06. The number of rotatable bonds is 5. The van der Waals surface area contributed by atoms with Gasteiger partial charge in [0.1, 0.15) is 5.76 Å². The molecule has 1 N–H and O–H groups in total. The van der Waals surface area contributed by atoms with Crippen molar-refractivity contribution in [1.29, 1.82) is 0 Å². The molecule has 23 heavy (non-hydrogen) atoms. The molecule has 0 radical (unpaired) electrons. The highest BCUT2D eigenvalue weighted by Crippen LogP contribution is 2.20. The van der Waals surface area contributed by atoms with Crippen molar-refractivity contribution in [3.8, 4) is 0 Å². The van der Waals surface area contributed by atoms with Gasteiger partial charge < -0.3 is 14.6 Å². The number of amides is 2. The van der Waals surface area contributed by atoms with Gasteiger partial charge in [-0.05, 0) is 24.6 Å². The Morgan fingerprint density at radius 2 is 2.22 bits per heavy atom. The molecule has 0 saturated carbocycles. The van der Waals surface area contributed by atoms with Crippen LogP contribution in [0.2, 0.25) is 0 Å². The van der Waals surface area contributed by atoms with E-state index in [2.05, 4.69) is 5.32 Å². The molecule has 0 spiro atoms. The summed E-state index contributed by atoms with van der Waals surface area (Å²) in [5.41, 5.74) is 2.23. The van der Waals surface area contributed by atoms with Crippen LogP contribution in [0.3, 0.4) is 0 Å². The minimum Gasteiger partial charge on any atom is -0.467 e. The molecule has 2 amide bonds. The highest BCUT2D eigenvalue weighted by Gasteiger charge is 2.34. The van der Waals surface area contributed by atoms with E-state index in [1.54, 1.807) is 17.2 Å². The van der Waals surface area contributed by atoms with Gasteiger partial charge in [-0.1, -0.05) is 29.8 Å². The fourth-order valence-electron chi connectivity index (χ4n) is 2.85. The molecule has 1 atom stereocenters. The van der Waals surface area contributed by atoms with Crippen molar-refractivity contribution in [3.63, 3.8) is 0 Å². The number of furan rings is 1. The van der Waals surface area contributed by atoms with Gasteiger partial charge in [0, 0.05) is 19.5 Å². The first-order valence-electron chi connectivity index (χ1n) is 7.75. The molecule has 1 unspecified atom stereocenters. The van der Waals surface area contributed by atoms with Gasteiger partial charge in [-0.25, -0.2) is 0 Å². The number of hydrogen-bond donors (Lipinski definition) is 1. The second-order valence-electron chi connectivity index (χ2n) is 5.96. The quantitative estimate of drug-likeness (QED) is 0.921. The summed E-state index contributed by atoms with van der Waals surface area (Å²) in [6.45, 7) is 3.38. The third-order valence-corrected chi connectivity index (χ3v) is 4.06. The zero-order valence-electron chi connectivity index (χ0n) is 13.1. The Morgan fingerprint density at radius 1 is 1.35 bits per heavy atom. The molecule has 1 aromatic carbocycles. The van der Waals surface area contributed by atoms with Crippen LogP contribution < -0.4 is 5.32 Å². The van der Waals surface area contributed by atoms with E-state index in [1.165, 1.54) is 0 Å². The van der Waals surface area contributed by atoms with E-state index < -0.39 is 0 Å². The lowest BCUT2D eigenvalue weighted by Gasteiger charge is -2.15. The zero-order chi connectivity index (χ0) is 16.2. The van der Waals surface area contributed by atoms with E-state index in [0.717, 1.165) is 16.9 Å². The summed E-state index contributed by atoms with van der Waals surface area (Å²) in [5.74, 6) is 0.375. The highest BCUT2D eigenvalue weighted by atomic mass is 16.3. The molecule has 2 aromatic rings. The molecule has 1 aliphatic rings. The maximum absolute atomic E-state index is 12.3. The topological polar surface area (TPSA) is 62.6 Å². The Hall–Kier alpha value is -2.56. The summed E-state index contributed by atoms with van der Waals surface area (Å²) >= 11 is 0. The van der Waals surface area contributed by atoms with E-state index in [9.17, 15) is 9.59 Å². The minimum atomic E-state index is -0.290. The van der Waals surface area contributed by atoms with Crippen LogP contribution in [0.1, 0.15) is 23.3 Å². The molecular weight excluding hydrogens is 292 g/mol. The van der Waals surface area contributed by atoms with E-state index in [1.807, 2.05) is 37.3 Å². The molecule has 120 valence electrons. The molecule has 5 nitrogen and oxygen atoms in total. The van der Waals surface area contributed by atoms with Crippen molar-refractivity contribution in [2.45, 2.75) is 26.4 Å². The number of carbonyl (C=O) groups is 2. The maximum Gasteiger partial charge on any atom is 0.225 e. The molecule has 2 heterocycles. The predicted octanol–water partition coefficient (Wildman–Crippen LogP) is 2.25. The van der Waals surface area contributed by atoms with E-state index in [0.29, 0.717) is 19.6 Å². The minimum absolute atomic E-state index is 0.00268. The number of likely N-dealkylation sites (tertiary alicyclic amines) is 1. The van der Waals surface area contributed by atoms with Crippen molar-refractivity contribution in [2.75, 3.05) is 6.54 Å². The van der Waals surface area contributed by atoms with Crippen molar-refractivity contribution in [1.82, 2.24) is 10.2 Å². The van der Waals surface area contributed by atoms with E-state index in [-0.39, 0.29) is 24.2 Å². The summed E-state index contributed by atoms with van der Waals surface area (Å²) in [6.07, 6.45) is 1.85. The van der Waals surface area contributed by atoms with Crippen molar-refractivity contribution in [3.05, 3.63) is 59.5 Å². The smallest absolute Gasteiger partial charge is 0.225 e. The summed E-state index contributed by atoms with van der Waals surface area (Å²) in [5, 5.41) is 2.93. The van der Waals surface area contributed by atoms with Crippen LogP contribution in [0.25, 0.3) is 0 Å². The summed E-state index contributed by atoms with van der Waals surface area (Å²) in [7, 11) is 0. The first-order chi connectivity index (χ1) is 11.1. The summed E-state index contributed by atoms with van der Waals surface area (Å²) in [4.78, 5) is 26.0. The fraction of sp³-hybridized carbons (Fsp3) is 0.333.